The third kappa shape index (κ3) is 4.42. The summed E-state index contributed by atoms with van der Waals surface area (Å²) in [7, 11) is -5.73. The van der Waals surface area contributed by atoms with Gasteiger partial charge in [0.25, 0.3) is 17.9 Å². The van der Waals surface area contributed by atoms with Gasteiger partial charge < -0.3 is 13.3 Å². The van der Waals surface area contributed by atoms with Gasteiger partial charge in [0.1, 0.15) is 0 Å². The van der Waals surface area contributed by atoms with Crippen molar-refractivity contribution < 1.29 is 40.8 Å². The van der Waals surface area contributed by atoms with E-state index in [1.54, 1.807) is 0 Å². The summed E-state index contributed by atoms with van der Waals surface area (Å²) in [5.74, 6) is -9.42. The molecule has 0 aromatic rings. The summed E-state index contributed by atoms with van der Waals surface area (Å²) in [6.07, 6.45) is 0. The lowest BCUT2D eigenvalue weighted by Gasteiger charge is -2.27. The van der Waals surface area contributed by atoms with Crippen LogP contribution < -0.4 is 0 Å². The Morgan fingerprint density at radius 3 is 1.18 bits per heavy atom. The highest BCUT2D eigenvalue weighted by Crippen LogP contribution is 2.32. The third-order valence-corrected chi connectivity index (χ3v) is 3.54. The van der Waals surface area contributed by atoms with Crippen molar-refractivity contribution in [2.24, 2.45) is 0 Å². The molecule has 0 aromatic carbocycles. The van der Waals surface area contributed by atoms with E-state index in [1.165, 1.54) is 0 Å². The summed E-state index contributed by atoms with van der Waals surface area (Å²) in [4.78, 5) is 31.8. The van der Waals surface area contributed by atoms with Gasteiger partial charge in [0.05, 0.1) is 0 Å². The van der Waals surface area contributed by atoms with Crippen LogP contribution >= 0.6 is 0 Å². The number of carbonyl (C=O) groups is 3. The molecule has 0 fully saturated rings. The van der Waals surface area contributed by atoms with Gasteiger partial charge in [-0.3, -0.25) is 14.4 Å². The molecule has 0 rings (SSSR count). The molecular weight excluding hydrogens is 265 g/mol. The van der Waals surface area contributed by atoms with Crippen LogP contribution in [-0.4, -0.2) is 32.5 Å². The van der Waals surface area contributed by atoms with Crippen LogP contribution in [0.1, 0.15) is 20.8 Å². The van der Waals surface area contributed by atoms with Crippen molar-refractivity contribution >= 4 is 26.7 Å². The minimum absolute atomic E-state index is 0.667. The van der Waals surface area contributed by atoms with Crippen molar-refractivity contribution in [1.82, 2.24) is 0 Å². The first-order valence-electron chi connectivity index (χ1n) is 4.15. The van der Waals surface area contributed by atoms with Gasteiger partial charge in [0.2, 0.25) is 0 Å². The highest BCUT2D eigenvalue weighted by molar-refractivity contribution is 6.67. The van der Waals surface area contributed by atoms with Crippen molar-refractivity contribution in [3.05, 3.63) is 0 Å². The summed E-state index contributed by atoms with van der Waals surface area (Å²) >= 11 is 0. The normalized spacial score (nSPS) is 11.6. The van der Waals surface area contributed by atoms with Gasteiger partial charge >= 0.3 is 14.6 Å². The Labute approximate surface area is 95.0 Å². The largest absolute Gasteiger partial charge is 0.817 e. The van der Waals surface area contributed by atoms with Gasteiger partial charge in [-0.05, 0) is 0 Å². The molecule has 0 amide bonds. The van der Waals surface area contributed by atoms with Crippen LogP contribution in [-0.2, 0) is 27.7 Å². The van der Waals surface area contributed by atoms with Gasteiger partial charge in [0.15, 0.2) is 0 Å². The SMILES string of the molecule is CC(=O)O[Si](OC(C)=O)(OC(C)=O)C(F)(F)F. The van der Waals surface area contributed by atoms with Crippen LogP contribution in [0.2, 0.25) is 0 Å². The Morgan fingerprint density at radius 2 is 1.06 bits per heavy atom. The molecule has 0 N–H and O–H groups in total. The smallest absolute Gasteiger partial charge is 0.450 e. The van der Waals surface area contributed by atoms with Gasteiger partial charge in [-0.2, -0.15) is 13.2 Å². The molecule has 98 valence electrons. The number of rotatable bonds is 3. The second-order valence-electron chi connectivity index (χ2n) is 2.83. The van der Waals surface area contributed by atoms with Gasteiger partial charge in [-0.1, -0.05) is 0 Å². The molecule has 0 aliphatic heterocycles. The van der Waals surface area contributed by atoms with E-state index < -0.39 is 32.5 Å². The average molecular weight is 274 g/mol. The fourth-order valence-electron chi connectivity index (χ4n) is 0.804. The summed E-state index contributed by atoms with van der Waals surface area (Å²) in [5, 5.41) is 0. The maximum atomic E-state index is 12.7. The fraction of sp³-hybridized carbons (Fsp3) is 0.571. The van der Waals surface area contributed by atoms with Crippen molar-refractivity contribution in [1.29, 1.82) is 0 Å². The van der Waals surface area contributed by atoms with Crippen LogP contribution in [0.4, 0.5) is 13.2 Å². The van der Waals surface area contributed by atoms with E-state index >= 15 is 0 Å². The zero-order valence-corrected chi connectivity index (χ0v) is 10.1. The molecule has 0 heterocycles. The Morgan fingerprint density at radius 1 is 0.824 bits per heavy atom. The zero-order chi connectivity index (χ0) is 13.9. The number of halogens is 3. The van der Waals surface area contributed by atoms with Crippen LogP contribution in [0.5, 0.6) is 0 Å². The van der Waals surface area contributed by atoms with Crippen LogP contribution in [0.15, 0.2) is 0 Å². The van der Waals surface area contributed by atoms with E-state index in [4.69, 9.17) is 0 Å². The molecule has 0 bridgehead atoms. The predicted octanol–water partition coefficient (Wildman–Crippen LogP) is 0.716. The van der Waals surface area contributed by atoms with Crippen molar-refractivity contribution in [2.75, 3.05) is 0 Å². The first-order chi connectivity index (χ1) is 7.50. The van der Waals surface area contributed by atoms with E-state index in [0.29, 0.717) is 20.8 Å². The Kier molecular flexibility index (Phi) is 4.68. The second-order valence-corrected chi connectivity index (χ2v) is 5.13. The average Bonchev–Trinajstić information content (AvgIpc) is 1.96. The van der Waals surface area contributed by atoms with Gasteiger partial charge in [-0.25, -0.2) is 0 Å². The predicted molar refractivity (Wildman–Crippen MR) is 47.1 cm³/mol. The summed E-state index contributed by atoms with van der Waals surface area (Å²) in [5.41, 5.74) is 0. The molecule has 0 aliphatic carbocycles. The van der Waals surface area contributed by atoms with E-state index in [1.807, 2.05) is 0 Å². The molecule has 0 radical (unpaired) electrons. The maximum Gasteiger partial charge on any atom is 0.817 e. The standard InChI is InChI=1S/C7H9F3O6Si/c1-4(11)14-17(7(8,9)10,15-5(2)12)16-6(3)13/h1-3H3. The molecule has 0 aromatic heterocycles. The first kappa shape index (κ1) is 15.4. The lowest BCUT2D eigenvalue weighted by Crippen LogP contribution is -2.61. The van der Waals surface area contributed by atoms with E-state index in [0.717, 1.165) is 0 Å². The molecule has 0 saturated heterocycles. The number of hydrogen-bond acceptors (Lipinski definition) is 6. The fourth-order valence-corrected chi connectivity index (χ4v) is 2.41. The minimum atomic E-state index is -5.73. The number of carbonyl (C=O) groups excluding carboxylic acids is 3. The molecule has 0 saturated carbocycles. The molecule has 10 heteroatoms. The highest BCUT2D eigenvalue weighted by atomic mass is 28.4. The molecule has 0 atom stereocenters. The van der Waals surface area contributed by atoms with E-state index in [-0.39, 0.29) is 0 Å². The number of alkyl halides is 3. The van der Waals surface area contributed by atoms with Gasteiger partial charge in [0, 0.05) is 20.8 Å². The van der Waals surface area contributed by atoms with Crippen LogP contribution in [0, 0.1) is 0 Å². The molecular formula is C7H9F3O6Si. The molecule has 6 nitrogen and oxygen atoms in total. The monoisotopic (exact) mass is 274 g/mol. The Hall–Kier alpha value is -1.58. The Bertz CT molecular complexity index is 298. The first-order valence-corrected chi connectivity index (χ1v) is 5.88. The minimum Gasteiger partial charge on any atom is -0.450 e. The molecule has 17 heavy (non-hydrogen) atoms. The van der Waals surface area contributed by atoms with Crippen molar-refractivity contribution in [3.63, 3.8) is 0 Å². The third-order valence-electron chi connectivity index (χ3n) is 1.18. The quantitative estimate of drug-likeness (QED) is 0.705. The molecule has 0 aliphatic rings. The van der Waals surface area contributed by atoms with Gasteiger partial charge in [-0.15, -0.1) is 0 Å². The Balaban J connectivity index is 5.42. The van der Waals surface area contributed by atoms with E-state index in [2.05, 4.69) is 13.3 Å². The molecule has 0 unspecified atom stereocenters. The zero-order valence-electron chi connectivity index (χ0n) is 9.08. The molecule has 0 spiro atoms. The van der Waals surface area contributed by atoms with Crippen LogP contribution in [0.3, 0.4) is 0 Å². The van der Waals surface area contributed by atoms with Crippen molar-refractivity contribution in [2.45, 2.75) is 26.6 Å². The maximum absolute atomic E-state index is 12.7. The topological polar surface area (TPSA) is 78.9 Å². The summed E-state index contributed by atoms with van der Waals surface area (Å²) in [6.45, 7) is 2.00. The van der Waals surface area contributed by atoms with Crippen molar-refractivity contribution in [3.8, 4) is 0 Å². The number of hydrogen-bond donors (Lipinski definition) is 0. The summed E-state index contributed by atoms with van der Waals surface area (Å²) < 4.78 is 49.8. The second kappa shape index (κ2) is 5.16. The van der Waals surface area contributed by atoms with E-state index in [9.17, 15) is 27.6 Å². The van der Waals surface area contributed by atoms with Crippen LogP contribution in [0.25, 0.3) is 0 Å². The lowest BCUT2D eigenvalue weighted by atomic mass is 10.9. The summed E-state index contributed by atoms with van der Waals surface area (Å²) in [6, 6.07) is 0. The highest BCUT2D eigenvalue weighted by Gasteiger charge is 2.76. The lowest BCUT2D eigenvalue weighted by molar-refractivity contribution is -0.170.